The summed E-state index contributed by atoms with van der Waals surface area (Å²) >= 11 is 1.14. The van der Waals surface area contributed by atoms with Crippen molar-refractivity contribution in [3.05, 3.63) is 16.1 Å². The van der Waals surface area contributed by atoms with Gasteiger partial charge in [-0.05, 0) is 20.4 Å². The largest absolute Gasteiger partial charge is 0.476 e. The third kappa shape index (κ3) is 4.26. The molecule has 0 aliphatic heterocycles. The maximum atomic E-state index is 10.6. The number of aliphatic hydroxyl groups is 1. The van der Waals surface area contributed by atoms with Gasteiger partial charge < -0.3 is 15.1 Å². The first-order valence-corrected chi connectivity index (χ1v) is 5.91. The fraction of sp³-hybridized carbons (Fsp3) is 0.600. The zero-order valence-electron chi connectivity index (χ0n) is 9.38. The molecule has 0 aliphatic carbocycles. The third-order valence-electron chi connectivity index (χ3n) is 2.10. The van der Waals surface area contributed by atoms with E-state index in [0.717, 1.165) is 23.6 Å². The van der Waals surface area contributed by atoms with Crippen molar-refractivity contribution in [3.8, 4) is 0 Å². The van der Waals surface area contributed by atoms with Crippen LogP contribution in [-0.4, -0.2) is 45.8 Å². The molecular formula is C10H16N2O3S. The number of hydrogen-bond acceptors (Lipinski definition) is 5. The molecule has 0 aromatic carbocycles. The second kappa shape index (κ2) is 5.93. The van der Waals surface area contributed by atoms with Gasteiger partial charge in [-0.1, -0.05) is 0 Å². The van der Waals surface area contributed by atoms with Crippen LogP contribution in [0.1, 0.15) is 28.8 Å². The number of carbonyl (C=O) groups is 1. The Morgan fingerprint density at radius 3 is 2.88 bits per heavy atom. The number of aromatic carboxylic acids is 1. The highest BCUT2D eigenvalue weighted by Crippen LogP contribution is 2.11. The Hall–Kier alpha value is -0.980. The second-order valence-electron chi connectivity index (χ2n) is 3.82. The highest BCUT2D eigenvalue weighted by atomic mass is 32.1. The average Bonchev–Trinajstić information content (AvgIpc) is 2.63. The standard InChI is InChI=1S/C10H16N2O3S/c1-7(13)3-4-12(2)5-8-6-16-9(11-8)10(14)15/h6-7,13H,3-5H2,1-2H3,(H,14,15). The fourth-order valence-corrected chi connectivity index (χ4v) is 1.89. The zero-order chi connectivity index (χ0) is 12.1. The number of nitrogens with zero attached hydrogens (tertiary/aromatic N) is 2. The van der Waals surface area contributed by atoms with Gasteiger partial charge in [0.05, 0.1) is 11.8 Å². The van der Waals surface area contributed by atoms with E-state index in [9.17, 15) is 4.79 Å². The first-order chi connectivity index (χ1) is 7.49. The van der Waals surface area contributed by atoms with Gasteiger partial charge in [-0.2, -0.15) is 0 Å². The highest BCUT2D eigenvalue weighted by molar-refractivity contribution is 7.11. The normalized spacial score (nSPS) is 13.0. The molecule has 0 spiro atoms. The lowest BCUT2D eigenvalue weighted by Gasteiger charge is -2.15. The van der Waals surface area contributed by atoms with Crippen molar-refractivity contribution < 1.29 is 15.0 Å². The van der Waals surface area contributed by atoms with Crippen molar-refractivity contribution in [1.82, 2.24) is 9.88 Å². The summed E-state index contributed by atoms with van der Waals surface area (Å²) in [5.41, 5.74) is 0.760. The molecule has 1 atom stereocenters. The van der Waals surface area contributed by atoms with E-state index in [1.54, 1.807) is 12.3 Å². The lowest BCUT2D eigenvalue weighted by Crippen LogP contribution is -2.22. The number of rotatable bonds is 6. The molecule has 1 heterocycles. The number of hydrogen-bond donors (Lipinski definition) is 2. The van der Waals surface area contributed by atoms with Crippen molar-refractivity contribution in [1.29, 1.82) is 0 Å². The summed E-state index contributed by atoms with van der Waals surface area (Å²) in [4.78, 5) is 16.6. The maximum absolute atomic E-state index is 10.6. The van der Waals surface area contributed by atoms with Gasteiger partial charge in [-0.25, -0.2) is 9.78 Å². The first kappa shape index (κ1) is 13.1. The third-order valence-corrected chi connectivity index (χ3v) is 2.97. The minimum atomic E-state index is -0.983. The summed E-state index contributed by atoms with van der Waals surface area (Å²) < 4.78 is 0. The van der Waals surface area contributed by atoms with E-state index in [0.29, 0.717) is 13.0 Å². The van der Waals surface area contributed by atoms with Gasteiger partial charge in [0.1, 0.15) is 0 Å². The van der Waals surface area contributed by atoms with Crippen LogP contribution in [0, 0.1) is 0 Å². The number of aliphatic hydroxyl groups excluding tert-OH is 1. The van der Waals surface area contributed by atoms with E-state index in [-0.39, 0.29) is 11.1 Å². The van der Waals surface area contributed by atoms with E-state index in [2.05, 4.69) is 4.98 Å². The van der Waals surface area contributed by atoms with Gasteiger partial charge in [0.2, 0.25) is 5.01 Å². The van der Waals surface area contributed by atoms with E-state index in [1.165, 1.54) is 0 Å². The summed E-state index contributed by atoms with van der Waals surface area (Å²) in [6.45, 7) is 3.12. The monoisotopic (exact) mass is 244 g/mol. The quantitative estimate of drug-likeness (QED) is 0.782. The van der Waals surface area contributed by atoms with Crippen LogP contribution in [0.15, 0.2) is 5.38 Å². The van der Waals surface area contributed by atoms with Gasteiger partial charge in [-0.15, -0.1) is 11.3 Å². The van der Waals surface area contributed by atoms with Gasteiger partial charge in [0.25, 0.3) is 0 Å². The smallest absolute Gasteiger partial charge is 0.365 e. The molecule has 6 heteroatoms. The van der Waals surface area contributed by atoms with Gasteiger partial charge in [0.15, 0.2) is 0 Å². The molecule has 90 valence electrons. The molecule has 1 unspecified atom stereocenters. The molecule has 0 saturated carbocycles. The van der Waals surface area contributed by atoms with Crippen LogP contribution in [0.2, 0.25) is 0 Å². The Morgan fingerprint density at radius 2 is 2.38 bits per heavy atom. The summed E-state index contributed by atoms with van der Waals surface area (Å²) in [5, 5.41) is 19.7. The Labute approximate surface area is 98.4 Å². The topological polar surface area (TPSA) is 73.7 Å². The minimum Gasteiger partial charge on any atom is -0.476 e. The number of carboxylic acid groups (broad SMARTS) is 1. The molecule has 0 fully saturated rings. The molecule has 0 amide bonds. The second-order valence-corrected chi connectivity index (χ2v) is 4.68. The molecule has 1 aromatic rings. The van der Waals surface area contributed by atoms with E-state index < -0.39 is 5.97 Å². The number of thiazole rings is 1. The molecular weight excluding hydrogens is 228 g/mol. The fourth-order valence-electron chi connectivity index (χ4n) is 1.24. The van der Waals surface area contributed by atoms with Crippen LogP contribution in [0.25, 0.3) is 0 Å². The van der Waals surface area contributed by atoms with Crippen molar-refractivity contribution >= 4 is 17.3 Å². The summed E-state index contributed by atoms with van der Waals surface area (Å²) in [5.74, 6) is -0.983. The number of aromatic nitrogens is 1. The van der Waals surface area contributed by atoms with E-state index in [1.807, 2.05) is 11.9 Å². The van der Waals surface area contributed by atoms with Crippen LogP contribution >= 0.6 is 11.3 Å². The van der Waals surface area contributed by atoms with Crippen LogP contribution in [0.3, 0.4) is 0 Å². The van der Waals surface area contributed by atoms with Crippen LogP contribution < -0.4 is 0 Å². The minimum absolute atomic E-state index is 0.124. The Balaban J connectivity index is 2.43. The number of carboxylic acids is 1. The van der Waals surface area contributed by atoms with Crippen LogP contribution in [0.4, 0.5) is 0 Å². The average molecular weight is 244 g/mol. The van der Waals surface area contributed by atoms with Crippen LogP contribution in [0.5, 0.6) is 0 Å². The van der Waals surface area contributed by atoms with Crippen molar-refractivity contribution in [2.75, 3.05) is 13.6 Å². The highest BCUT2D eigenvalue weighted by Gasteiger charge is 2.10. The Kier molecular flexibility index (Phi) is 4.85. The molecule has 16 heavy (non-hydrogen) atoms. The predicted octanol–water partition coefficient (Wildman–Crippen LogP) is 1.04. The van der Waals surface area contributed by atoms with Gasteiger partial charge in [-0.3, -0.25) is 0 Å². The van der Waals surface area contributed by atoms with Crippen molar-refractivity contribution in [2.45, 2.75) is 26.0 Å². The Bertz CT molecular complexity index is 352. The Morgan fingerprint density at radius 1 is 1.69 bits per heavy atom. The van der Waals surface area contributed by atoms with Gasteiger partial charge >= 0.3 is 5.97 Å². The van der Waals surface area contributed by atoms with Crippen molar-refractivity contribution in [3.63, 3.8) is 0 Å². The summed E-state index contributed by atoms with van der Waals surface area (Å²) in [7, 11) is 1.92. The lowest BCUT2D eigenvalue weighted by molar-refractivity contribution is 0.0696. The molecule has 0 bridgehead atoms. The molecule has 1 aromatic heterocycles. The molecule has 5 nitrogen and oxygen atoms in total. The van der Waals surface area contributed by atoms with Crippen molar-refractivity contribution in [2.24, 2.45) is 0 Å². The lowest BCUT2D eigenvalue weighted by atomic mass is 10.3. The summed E-state index contributed by atoms with van der Waals surface area (Å²) in [6, 6.07) is 0. The predicted molar refractivity (Wildman–Crippen MR) is 61.7 cm³/mol. The molecule has 2 N–H and O–H groups in total. The summed E-state index contributed by atoms with van der Waals surface area (Å²) in [6.07, 6.45) is 0.388. The molecule has 0 saturated heterocycles. The van der Waals surface area contributed by atoms with E-state index in [4.69, 9.17) is 10.2 Å². The SMILES string of the molecule is CC(O)CCN(C)Cc1csc(C(=O)O)n1. The van der Waals surface area contributed by atoms with Gasteiger partial charge in [0, 0.05) is 18.5 Å². The zero-order valence-corrected chi connectivity index (χ0v) is 10.2. The van der Waals surface area contributed by atoms with E-state index >= 15 is 0 Å². The first-order valence-electron chi connectivity index (χ1n) is 5.03. The maximum Gasteiger partial charge on any atom is 0.365 e. The molecule has 1 rings (SSSR count). The molecule has 0 radical (unpaired) electrons. The van der Waals surface area contributed by atoms with Crippen LogP contribution in [-0.2, 0) is 6.54 Å². The molecule has 0 aliphatic rings.